The van der Waals surface area contributed by atoms with Crippen molar-refractivity contribution in [2.45, 2.75) is 19.4 Å². The van der Waals surface area contributed by atoms with Crippen molar-refractivity contribution in [1.82, 2.24) is 0 Å². The summed E-state index contributed by atoms with van der Waals surface area (Å²) in [5, 5.41) is 8.91. The third kappa shape index (κ3) is 3.78. The van der Waals surface area contributed by atoms with E-state index >= 15 is 0 Å². The first kappa shape index (κ1) is 15.0. The third-order valence-corrected chi connectivity index (χ3v) is 3.14. The summed E-state index contributed by atoms with van der Waals surface area (Å²) in [6, 6.07) is 9.76. The lowest BCUT2D eigenvalue weighted by atomic mass is 10.0. The van der Waals surface area contributed by atoms with E-state index in [1.165, 1.54) is 0 Å². The van der Waals surface area contributed by atoms with E-state index in [0.29, 0.717) is 5.56 Å². The second kappa shape index (κ2) is 6.35. The van der Waals surface area contributed by atoms with Crippen molar-refractivity contribution in [2.24, 2.45) is 0 Å². The molecule has 110 valence electrons. The molecule has 2 aromatic rings. The minimum atomic E-state index is -0.902. The number of carbonyl (C=O) groups is 1. The van der Waals surface area contributed by atoms with E-state index in [1.807, 2.05) is 0 Å². The summed E-state index contributed by atoms with van der Waals surface area (Å²) >= 11 is 0. The van der Waals surface area contributed by atoms with E-state index in [4.69, 9.17) is 9.84 Å². The monoisotopic (exact) mass is 292 g/mol. The molecule has 0 spiro atoms. The van der Waals surface area contributed by atoms with Gasteiger partial charge in [0.2, 0.25) is 0 Å². The molecule has 2 rings (SSSR count). The molecule has 0 aliphatic rings. The first-order valence-electron chi connectivity index (χ1n) is 6.37. The summed E-state index contributed by atoms with van der Waals surface area (Å²) < 4.78 is 31.6. The molecular formula is C16H14F2O3. The molecule has 0 aliphatic heterocycles. The normalized spacial score (nSPS) is 12.0. The summed E-state index contributed by atoms with van der Waals surface area (Å²) in [6.07, 6.45) is 0. The van der Waals surface area contributed by atoms with Gasteiger partial charge in [-0.3, -0.25) is 4.79 Å². The lowest BCUT2D eigenvalue weighted by Crippen LogP contribution is -2.07. The Morgan fingerprint density at radius 3 is 2.48 bits per heavy atom. The summed E-state index contributed by atoms with van der Waals surface area (Å²) in [5.41, 5.74) is 1.41. The number of ether oxygens (including phenoxy) is 1. The first-order chi connectivity index (χ1) is 9.97. The highest BCUT2D eigenvalue weighted by atomic mass is 19.1. The number of rotatable bonds is 5. The fourth-order valence-corrected chi connectivity index (χ4v) is 1.79. The average Bonchev–Trinajstić information content (AvgIpc) is 2.48. The Morgan fingerprint density at radius 2 is 1.86 bits per heavy atom. The van der Waals surface area contributed by atoms with Crippen molar-refractivity contribution < 1.29 is 23.4 Å². The number of halogens is 2. The molecule has 0 aliphatic carbocycles. The Labute approximate surface area is 120 Å². The van der Waals surface area contributed by atoms with Crippen LogP contribution in [0.5, 0.6) is 5.75 Å². The molecule has 0 fully saturated rings. The zero-order chi connectivity index (χ0) is 15.4. The lowest BCUT2D eigenvalue weighted by molar-refractivity contribution is -0.138. The zero-order valence-corrected chi connectivity index (χ0v) is 11.3. The van der Waals surface area contributed by atoms with Gasteiger partial charge in [0.15, 0.2) is 11.6 Å². The Kier molecular flexibility index (Phi) is 4.52. The van der Waals surface area contributed by atoms with Crippen molar-refractivity contribution >= 4 is 5.97 Å². The van der Waals surface area contributed by atoms with Gasteiger partial charge in [0, 0.05) is 6.07 Å². The topological polar surface area (TPSA) is 46.5 Å². The summed E-state index contributed by atoms with van der Waals surface area (Å²) in [5.74, 6) is -2.86. The Balaban J connectivity index is 2.04. The Hall–Kier alpha value is -2.43. The highest BCUT2D eigenvalue weighted by Crippen LogP contribution is 2.20. The van der Waals surface area contributed by atoms with Gasteiger partial charge in [-0.15, -0.1) is 0 Å². The van der Waals surface area contributed by atoms with Crippen LogP contribution in [0, 0.1) is 11.6 Å². The Morgan fingerprint density at radius 1 is 1.19 bits per heavy atom. The molecule has 21 heavy (non-hydrogen) atoms. The van der Waals surface area contributed by atoms with Gasteiger partial charge in [-0.25, -0.2) is 8.78 Å². The molecular weight excluding hydrogens is 278 g/mol. The van der Waals surface area contributed by atoms with Gasteiger partial charge in [-0.05, 0) is 30.2 Å². The van der Waals surface area contributed by atoms with Crippen LogP contribution in [-0.4, -0.2) is 11.1 Å². The molecule has 2 aromatic carbocycles. The standard InChI is InChI=1S/C16H14F2O3/c1-10(16(19)20)12-4-2-11(3-5-12)9-21-15-8-13(17)6-7-14(15)18/h2-8,10H,9H2,1H3,(H,19,20). The SMILES string of the molecule is CC(C(=O)O)c1ccc(COc2cc(F)ccc2F)cc1. The van der Waals surface area contributed by atoms with E-state index in [-0.39, 0.29) is 12.4 Å². The molecule has 1 unspecified atom stereocenters. The van der Waals surface area contributed by atoms with Gasteiger partial charge in [0.1, 0.15) is 12.4 Å². The van der Waals surface area contributed by atoms with Crippen LogP contribution in [0.3, 0.4) is 0 Å². The van der Waals surface area contributed by atoms with E-state index in [1.54, 1.807) is 31.2 Å². The molecule has 0 amide bonds. The molecule has 0 aromatic heterocycles. The largest absolute Gasteiger partial charge is 0.486 e. The maximum atomic E-state index is 13.4. The summed E-state index contributed by atoms with van der Waals surface area (Å²) in [4.78, 5) is 10.9. The van der Waals surface area contributed by atoms with Crippen LogP contribution in [0.2, 0.25) is 0 Å². The second-order valence-corrected chi connectivity index (χ2v) is 4.66. The van der Waals surface area contributed by atoms with Crippen LogP contribution in [0.4, 0.5) is 8.78 Å². The van der Waals surface area contributed by atoms with Crippen LogP contribution in [-0.2, 0) is 11.4 Å². The third-order valence-electron chi connectivity index (χ3n) is 3.14. The van der Waals surface area contributed by atoms with Crippen molar-refractivity contribution in [3.63, 3.8) is 0 Å². The molecule has 1 atom stereocenters. The van der Waals surface area contributed by atoms with E-state index < -0.39 is 23.5 Å². The smallest absolute Gasteiger partial charge is 0.310 e. The number of hydrogen-bond acceptors (Lipinski definition) is 2. The van der Waals surface area contributed by atoms with Crippen LogP contribution >= 0.6 is 0 Å². The van der Waals surface area contributed by atoms with Crippen molar-refractivity contribution in [1.29, 1.82) is 0 Å². The van der Waals surface area contributed by atoms with Gasteiger partial charge in [-0.2, -0.15) is 0 Å². The zero-order valence-electron chi connectivity index (χ0n) is 11.3. The van der Waals surface area contributed by atoms with Crippen molar-refractivity contribution in [3.8, 4) is 5.75 Å². The summed E-state index contributed by atoms with van der Waals surface area (Å²) in [6.45, 7) is 1.66. The number of carboxylic acids is 1. The van der Waals surface area contributed by atoms with Gasteiger partial charge >= 0.3 is 5.97 Å². The predicted octanol–water partition coefficient (Wildman–Crippen LogP) is 3.73. The minimum Gasteiger partial charge on any atom is -0.486 e. The molecule has 0 saturated carbocycles. The van der Waals surface area contributed by atoms with Crippen LogP contribution in [0.15, 0.2) is 42.5 Å². The van der Waals surface area contributed by atoms with E-state index in [0.717, 1.165) is 23.8 Å². The average molecular weight is 292 g/mol. The molecule has 3 nitrogen and oxygen atoms in total. The maximum absolute atomic E-state index is 13.4. The number of benzene rings is 2. The molecule has 0 radical (unpaired) electrons. The highest BCUT2D eigenvalue weighted by molar-refractivity contribution is 5.75. The van der Waals surface area contributed by atoms with E-state index in [2.05, 4.69) is 0 Å². The van der Waals surface area contributed by atoms with Gasteiger partial charge < -0.3 is 9.84 Å². The van der Waals surface area contributed by atoms with Gasteiger partial charge in [0.25, 0.3) is 0 Å². The van der Waals surface area contributed by atoms with Crippen molar-refractivity contribution in [2.75, 3.05) is 0 Å². The molecule has 0 heterocycles. The molecule has 5 heteroatoms. The maximum Gasteiger partial charge on any atom is 0.310 e. The number of aliphatic carboxylic acids is 1. The molecule has 1 N–H and O–H groups in total. The highest BCUT2D eigenvalue weighted by Gasteiger charge is 2.13. The molecule has 0 bridgehead atoms. The minimum absolute atomic E-state index is 0.0715. The van der Waals surface area contributed by atoms with Crippen LogP contribution < -0.4 is 4.74 Å². The molecule has 0 saturated heterocycles. The summed E-state index contributed by atoms with van der Waals surface area (Å²) in [7, 11) is 0. The van der Waals surface area contributed by atoms with Crippen molar-refractivity contribution in [3.05, 3.63) is 65.2 Å². The predicted molar refractivity (Wildman–Crippen MR) is 73.2 cm³/mol. The van der Waals surface area contributed by atoms with E-state index in [9.17, 15) is 13.6 Å². The first-order valence-corrected chi connectivity index (χ1v) is 6.37. The fraction of sp³-hybridized carbons (Fsp3) is 0.188. The quantitative estimate of drug-likeness (QED) is 0.913. The van der Waals surface area contributed by atoms with Gasteiger partial charge in [-0.1, -0.05) is 24.3 Å². The second-order valence-electron chi connectivity index (χ2n) is 4.66. The lowest BCUT2D eigenvalue weighted by Gasteiger charge is -2.10. The fourth-order valence-electron chi connectivity index (χ4n) is 1.79. The number of carboxylic acid groups (broad SMARTS) is 1. The van der Waals surface area contributed by atoms with Crippen LogP contribution in [0.1, 0.15) is 24.0 Å². The Bertz CT molecular complexity index is 638. The van der Waals surface area contributed by atoms with Gasteiger partial charge in [0.05, 0.1) is 5.92 Å². The number of hydrogen-bond donors (Lipinski definition) is 1. The van der Waals surface area contributed by atoms with Crippen LogP contribution in [0.25, 0.3) is 0 Å².